The standard InChI is InChI=1S/C32H32ClN7OS/c1-3-5-7-11-14-30(41)37-28-19-25(40(17-6-4-2)24-12-9-8-10-13-24)15-16-27(28)38-39-32-26(22-36)31(33)29(42-32)18-23(20-34)21-35/h8-10,12-13,15-16,18-19H,3-7,11,14,17H2,1-2H3,(H,37,41). The number of nitrogens with zero attached hydrogens (tertiary/aromatic N) is 6. The summed E-state index contributed by atoms with van der Waals surface area (Å²) in [5, 5.41) is 40.0. The van der Waals surface area contributed by atoms with Gasteiger partial charge < -0.3 is 10.2 Å². The third-order valence-corrected chi connectivity index (χ3v) is 7.89. The third kappa shape index (κ3) is 8.75. The Balaban J connectivity index is 2.02. The van der Waals surface area contributed by atoms with E-state index in [2.05, 4.69) is 46.4 Å². The number of rotatable bonds is 14. The van der Waals surface area contributed by atoms with Gasteiger partial charge in [0.1, 0.15) is 35.0 Å². The zero-order valence-corrected chi connectivity index (χ0v) is 25.3. The number of thiophene rings is 1. The summed E-state index contributed by atoms with van der Waals surface area (Å²) in [6, 6.07) is 21.3. The molecule has 1 N–H and O–H groups in total. The minimum atomic E-state index is -0.142. The van der Waals surface area contributed by atoms with Gasteiger partial charge in [0.15, 0.2) is 5.00 Å². The summed E-state index contributed by atoms with van der Waals surface area (Å²) in [5.74, 6) is -0.107. The van der Waals surface area contributed by atoms with Gasteiger partial charge in [-0.2, -0.15) is 15.8 Å². The van der Waals surface area contributed by atoms with Crippen molar-refractivity contribution in [2.24, 2.45) is 10.2 Å². The van der Waals surface area contributed by atoms with E-state index in [4.69, 9.17) is 22.1 Å². The van der Waals surface area contributed by atoms with Crippen LogP contribution in [0.25, 0.3) is 6.08 Å². The fourth-order valence-electron chi connectivity index (χ4n) is 4.13. The molecule has 0 aliphatic heterocycles. The van der Waals surface area contributed by atoms with Crippen molar-refractivity contribution >= 4 is 62.7 Å². The van der Waals surface area contributed by atoms with Gasteiger partial charge in [0.2, 0.25) is 5.91 Å². The molecule has 0 fully saturated rings. The minimum absolute atomic E-state index is 0.0971. The molecule has 0 saturated heterocycles. The molecule has 8 nitrogen and oxygen atoms in total. The number of nitriles is 3. The Hall–Kier alpha value is -4.49. The summed E-state index contributed by atoms with van der Waals surface area (Å²) in [7, 11) is 0. The molecule has 1 heterocycles. The van der Waals surface area contributed by atoms with E-state index in [1.807, 2.05) is 36.4 Å². The Kier molecular flexibility index (Phi) is 12.7. The van der Waals surface area contributed by atoms with Crippen LogP contribution < -0.4 is 10.2 Å². The molecular formula is C32H32ClN7OS. The van der Waals surface area contributed by atoms with Crippen LogP contribution in [-0.2, 0) is 4.79 Å². The van der Waals surface area contributed by atoms with Crippen molar-refractivity contribution in [2.75, 3.05) is 16.8 Å². The lowest BCUT2D eigenvalue weighted by atomic mass is 10.1. The number of para-hydroxylation sites is 1. The second-order valence-corrected chi connectivity index (χ2v) is 10.9. The number of allylic oxidation sites excluding steroid dienone is 1. The first-order chi connectivity index (χ1) is 20.4. The molecule has 2 aromatic carbocycles. The number of carbonyl (C=O) groups excluding carboxylic acids is 1. The molecule has 1 aromatic heterocycles. The molecule has 3 rings (SSSR count). The molecule has 10 heteroatoms. The number of azo groups is 1. The van der Waals surface area contributed by atoms with Gasteiger partial charge in [-0.25, -0.2) is 0 Å². The van der Waals surface area contributed by atoms with Crippen molar-refractivity contribution in [3.8, 4) is 18.2 Å². The number of anilines is 3. The molecule has 42 heavy (non-hydrogen) atoms. The number of benzene rings is 2. The van der Waals surface area contributed by atoms with Crippen LogP contribution in [0.5, 0.6) is 0 Å². The summed E-state index contributed by atoms with van der Waals surface area (Å²) in [4.78, 5) is 15.5. The van der Waals surface area contributed by atoms with E-state index in [1.165, 1.54) is 6.08 Å². The molecule has 0 bridgehead atoms. The van der Waals surface area contributed by atoms with Gasteiger partial charge in [-0.3, -0.25) is 4.79 Å². The molecule has 0 aliphatic carbocycles. The van der Waals surface area contributed by atoms with Crippen LogP contribution >= 0.6 is 22.9 Å². The van der Waals surface area contributed by atoms with Gasteiger partial charge in [0.25, 0.3) is 0 Å². The Morgan fingerprint density at radius 3 is 2.38 bits per heavy atom. The molecule has 3 aromatic rings. The van der Waals surface area contributed by atoms with Gasteiger partial charge in [-0.05, 0) is 49.2 Å². The molecule has 0 spiro atoms. The molecule has 0 saturated carbocycles. The lowest BCUT2D eigenvalue weighted by Crippen LogP contribution is -2.19. The fraction of sp³-hybridized carbons (Fsp3) is 0.312. The van der Waals surface area contributed by atoms with Gasteiger partial charge >= 0.3 is 0 Å². The summed E-state index contributed by atoms with van der Waals surface area (Å²) < 4.78 is 0. The number of unbranched alkanes of at least 4 members (excludes halogenated alkanes) is 4. The van der Waals surface area contributed by atoms with Gasteiger partial charge in [-0.1, -0.05) is 69.3 Å². The fourth-order valence-corrected chi connectivity index (χ4v) is 5.40. The highest BCUT2D eigenvalue weighted by molar-refractivity contribution is 7.17. The van der Waals surface area contributed by atoms with Crippen LogP contribution in [0.15, 0.2) is 64.3 Å². The highest BCUT2D eigenvalue weighted by Crippen LogP contribution is 2.41. The Morgan fingerprint density at radius 2 is 1.71 bits per heavy atom. The summed E-state index contributed by atoms with van der Waals surface area (Å²) in [6.45, 7) is 5.07. The van der Waals surface area contributed by atoms with E-state index in [-0.39, 0.29) is 27.1 Å². The smallest absolute Gasteiger partial charge is 0.224 e. The van der Waals surface area contributed by atoms with E-state index in [0.717, 1.165) is 67.8 Å². The number of carbonyl (C=O) groups is 1. The van der Waals surface area contributed by atoms with E-state index < -0.39 is 0 Å². The van der Waals surface area contributed by atoms with Crippen LogP contribution in [-0.4, -0.2) is 12.5 Å². The third-order valence-electron chi connectivity index (χ3n) is 6.36. The Morgan fingerprint density at radius 1 is 0.976 bits per heavy atom. The van der Waals surface area contributed by atoms with Crippen molar-refractivity contribution in [1.29, 1.82) is 15.8 Å². The van der Waals surface area contributed by atoms with E-state index in [0.29, 0.717) is 22.7 Å². The van der Waals surface area contributed by atoms with E-state index in [9.17, 15) is 10.1 Å². The SMILES string of the molecule is CCCCCCC(=O)Nc1cc(N(CCCC)c2ccccc2)ccc1N=Nc1sc(C=C(C#N)C#N)c(Cl)c1C#N. The molecule has 0 atom stereocenters. The second-order valence-electron chi connectivity index (χ2n) is 9.45. The summed E-state index contributed by atoms with van der Waals surface area (Å²) >= 11 is 7.41. The van der Waals surface area contributed by atoms with Crippen LogP contribution in [0.3, 0.4) is 0 Å². The number of halogens is 1. The average Bonchev–Trinajstić information content (AvgIpc) is 3.31. The van der Waals surface area contributed by atoms with Crippen molar-refractivity contribution in [3.05, 3.63) is 69.6 Å². The quantitative estimate of drug-likeness (QED) is 0.112. The van der Waals surface area contributed by atoms with E-state index >= 15 is 0 Å². The molecular weight excluding hydrogens is 566 g/mol. The first-order valence-electron chi connectivity index (χ1n) is 13.9. The normalized spacial score (nSPS) is 10.5. The maximum absolute atomic E-state index is 12.9. The van der Waals surface area contributed by atoms with Gasteiger partial charge in [-0.15, -0.1) is 21.6 Å². The first-order valence-corrected chi connectivity index (χ1v) is 15.1. The second kappa shape index (κ2) is 16.7. The predicted molar refractivity (Wildman–Crippen MR) is 170 cm³/mol. The zero-order valence-electron chi connectivity index (χ0n) is 23.7. The molecule has 0 aliphatic rings. The number of nitrogens with one attached hydrogen (secondary N) is 1. The van der Waals surface area contributed by atoms with Gasteiger partial charge in [0.05, 0.1) is 15.6 Å². The molecule has 0 radical (unpaired) electrons. The topological polar surface area (TPSA) is 128 Å². The summed E-state index contributed by atoms with van der Waals surface area (Å²) in [5.41, 5.74) is 2.83. The molecule has 1 amide bonds. The first kappa shape index (κ1) is 32.0. The number of hydrogen-bond acceptors (Lipinski definition) is 8. The lowest BCUT2D eigenvalue weighted by molar-refractivity contribution is -0.116. The monoisotopic (exact) mass is 597 g/mol. The van der Waals surface area contributed by atoms with Crippen molar-refractivity contribution in [2.45, 2.75) is 58.8 Å². The maximum atomic E-state index is 12.9. The van der Waals surface area contributed by atoms with Gasteiger partial charge in [0, 0.05) is 24.3 Å². The molecule has 0 unspecified atom stereocenters. The number of amides is 1. The zero-order chi connectivity index (χ0) is 30.3. The van der Waals surface area contributed by atoms with Crippen LogP contribution in [0, 0.1) is 34.0 Å². The van der Waals surface area contributed by atoms with Crippen LogP contribution in [0.1, 0.15) is 69.2 Å². The lowest BCUT2D eigenvalue weighted by Gasteiger charge is -2.26. The van der Waals surface area contributed by atoms with Crippen molar-refractivity contribution in [1.82, 2.24) is 0 Å². The average molecular weight is 598 g/mol. The van der Waals surface area contributed by atoms with Crippen molar-refractivity contribution < 1.29 is 4.79 Å². The largest absolute Gasteiger partial charge is 0.341 e. The Bertz CT molecular complexity index is 1540. The predicted octanol–water partition coefficient (Wildman–Crippen LogP) is 9.97. The van der Waals surface area contributed by atoms with E-state index in [1.54, 1.807) is 18.2 Å². The highest BCUT2D eigenvalue weighted by Gasteiger charge is 2.18. The minimum Gasteiger partial charge on any atom is -0.341 e. The molecule has 214 valence electrons. The summed E-state index contributed by atoms with van der Waals surface area (Å²) in [6.07, 6.45) is 7.69. The Labute approximate surface area is 256 Å². The highest BCUT2D eigenvalue weighted by atomic mass is 35.5. The number of hydrogen-bond donors (Lipinski definition) is 1. The van der Waals surface area contributed by atoms with Crippen molar-refractivity contribution in [3.63, 3.8) is 0 Å². The van der Waals surface area contributed by atoms with Crippen LogP contribution in [0.4, 0.5) is 27.8 Å². The van der Waals surface area contributed by atoms with Crippen LogP contribution in [0.2, 0.25) is 5.02 Å². The maximum Gasteiger partial charge on any atom is 0.224 e.